The largest absolute Gasteiger partial charge is 0.215 e. The van der Waals surface area contributed by atoms with Gasteiger partial charge < -0.3 is 0 Å². The molecule has 68 valence electrons. The van der Waals surface area contributed by atoms with E-state index in [4.69, 9.17) is 0 Å². The molecule has 0 heterocycles. The van der Waals surface area contributed by atoms with Gasteiger partial charge in [-0.2, -0.15) is 11.8 Å². The molecule has 0 fully saturated rings. The Balaban J connectivity index is 3.43. The molecule has 0 rings (SSSR count). The van der Waals surface area contributed by atoms with E-state index in [0.717, 1.165) is 6.42 Å². The molecular formula is C6H15NO2S2. The highest BCUT2D eigenvalue weighted by atomic mass is 32.2. The van der Waals surface area contributed by atoms with Crippen LogP contribution in [0.1, 0.15) is 13.3 Å². The molecule has 1 atom stereocenters. The van der Waals surface area contributed by atoms with Crippen molar-refractivity contribution in [2.24, 2.45) is 0 Å². The minimum absolute atomic E-state index is 0.518. The van der Waals surface area contributed by atoms with Crippen molar-refractivity contribution in [3.8, 4) is 0 Å². The van der Waals surface area contributed by atoms with Crippen LogP contribution in [0.3, 0.4) is 0 Å². The van der Waals surface area contributed by atoms with Gasteiger partial charge in [-0.3, -0.25) is 0 Å². The maximum Gasteiger partial charge on any atom is 0.208 e. The third kappa shape index (κ3) is 8.16. The molecular weight excluding hydrogens is 182 g/mol. The predicted octanol–water partition coefficient (Wildman–Crippen LogP) is 0.677. The van der Waals surface area contributed by atoms with Crippen molar-refractivity contribution >= 4 is 21.8 Å². The summed E-state index contributed by atoms with van der Waals surface area (Å²) in [6, 6.07) is 0. The van der Waals surface area contributed by atoms with E-state index in [9.17, 15) is 8.42 Å². The number of rotatable bonds is 5. The number of nitrogens with one attached hydrogen (secondary N) is 1. The van der Waals surface area contributed by atoms with Crippen LogP contribution in [0.4, 0.5) is 0 Å². The maximum atomic E-state index is 10.6. The second-order valence-corrected chi connectivity index (χ2v) is 5.61. The quantitative estimate of drug-likeness (QED) is 0.705. The van der Waals surface area contributed by atoms with Gasteiger partial charge >= 0.3 is 0 Å². The fourth-order valence-electron chi connectivity index (χ4n) is 0.565. The summed E-state index contributed by atoms with van der Waals surface area (Å²) in [5.74, 6) is 0. The highest BCUT2D eigenvalue weighted by Crippen LogP contribution is 2.07. The zero-order valence-electron chi connectivity index (χ0n) is 7.12. The van der Waals surface area contributed by atoms with Crippen molar-refractivity contribution in [1.29, 1.82) is 0 Å². The molecule has 11 heavy (non-hydrogen) atoms. The van der Waals surface area contributed by atoms with E-state index in [-0.39, 0.29) is 0 Å². The van der Waals surface area contributed by atoms with Gasteiger partial charge in [0.25, 0.3) is 0 Å². The summed E-state index contributed by atoms with van der Waals surface area (Å²) in [4.78, 5) is 0. The third-order valence-electron chi connectivity index (χ3n) is 1.32. The molecule has 0 saturated carbocycles. The first-order valence-electron chi connectivity index (χ1n) is 3.43. The Hall–Kier alpha value is 0.260. The molecule has 1 N–H and O–H groups in total. The molecule has 0 aromatic heterocycles. The monoisotopic (exact) mass is 197 g/mol. The summed E-state index contributed by atoms with van der Waals surface area (Å²) in [6.07, 6.45) is 4.08. The van der Waals surface area contributed by atoms with Crippen LogP contribution in [0, 0.1) is 0 Å². The van der Waals surface area contributed by atoms with Crippen LogP contribution in [0.5, 0.6) is 0 Å². The summed E-state index contributed by atoms with van der Waals surface area (Å²) in [7, 11) is -2.99. The summed E-state index contributed by atoms with van der Waals surface area (Å²) in [6.45, 7) is 2.62. The van der Waals surface area contributed by atoms with Gasteiger partial charge in [0.1, 0.15) is 0 Å². The lowest BCUT2D eigenvalue weighted by molar-refractivity contribution is 0.585. The number of sulfonamides is 1. The molecule has 0 aromatic carbocycles. The Kier molecular flexibility index (Phi) is 5.12. The first-order valence-corrected chi connectivity index (χ1v) is 6.61. The van der Waals surface area contributed by atoms with Gasteiger partial charge in [-0.1, -0.05) is 6.92 Å². The number of thioether (sulfide) groups is 1. The van der Waals surface area contributed by atoms with Crippen molar-refractivity contribution in [3.63, 3.8) is 0 Å². The SMILES string of the molecule is CSC(C)CCNS(C)(=O)=O. The lowest BCUT2D eigenvalue weighted by atomic mass is 10.3. The van der Waals surface area contributed by atoms with Crippen molar-refractivity contribution in [2.75, 3.05) is 19.1 Å². The average molecular weight is 197 g/mol. The van der Waals surface area contributed by atoms with Gasteiger partial charge in [0.05, 0.1) is 6.26 Å². The highest BCUT2D eigenvalue weighted by Gasteiger charge is 2.02. The smallest absolute Gasteiger partial charge is 0.208 e. The topological polar surface area (TPSA) is 46.2 Å². The standard InChI is InChI=1S/C6H15NO2S2/c1-6(10-2)4-5-7-11(3,8)9/h6-7H,4-5H2,1-3H3. The maximum absolute atomic E-state index is 10.6. The van der Waals surface area contributed by atoms with Crippen molar-refractivity contribution in [1.82, 2.24) is 4.72 Å². The van der Waals surface area contributed by atoms with Crippen LogP contribution in [0.15, 0.2) is 0 Å². The molecule has 0 aliphatic heterocycles. The average Bonchev–Trinajstić information content (AvgIpc) is 1.85. The van der Waals surface area contributed by atoms with E-state index < -0.39 is 10.0 Å². The van der Waals surface area contributed by atoms with Gasteiger partial charge in [0.2, 0.25) is 10.0 Å². The lowest BCUT2D eigenvalue weighted by Crippen LogP contribution is -2.24. The molecule has 0 aliphatic carbocycles. The van der Waals surface area contributed by atoms with Crippen LogP contribution >= 0.6 is 11.8 Å². The zero-order chi connectivity index (χ0) is 8.91. The Labute approximate surface area is 73.0 Å². The van der Waals surface area contributed by atoms with E-state index >= 15 is 0 Å². The summed E-state index contributed by atoms with van der Waals surface area (Å²) >= 11 is 1.74. The first-order chi connectivity index (χ1) is 4.95. The Morgan fingerprint density at radius 2 is 2.09 bits per heavy atom. The minimum Gasteiger partial charge on any atom is -0.215 e. The van der Waals surface area contributed by atoms with Crippen LogP contribution in [0.2, 0.25) is 0 Å². The number of hydrogen-bond acceptors (Lipinski definition) is 3. The molecule has 0 spiro atoms. The van der Waals surface area contributed by atoms with Gasteiger partial charge in [0.15, 0.2) is 0 Å². The van der Waals surface area contributed by atoms with Gasteiger partial charge in [-0.15, -0.1) is 0 Å². The van der Waals surface area contributed by atoms with E-state index in [1.807, 2.05) is 6.26 Å². The summed E-state index contributed by atoms with van der Waals surface area (Å²) < 4.78 is 23.6. The third-order valence-corrected chi connectivity index (χ3v) is 3.09. The lowest BCUT2D eigenvalue weighted by Gasteiger charge is -2.06. The van der Waals surface area contributed by atoms with E-state index in [0.29, 0.717) is 11.8 Å². The zero-order valence-corrected chi connectivity index (χ0v) is 8.76. The van der Waals surface area contributed by atoms with E-state index in [2.05, 4.69) is 11.6 Å². The van der Waals surface area contributed by atoms with Gasteiger partial charge in [-0.25, -0.2) is 13.1 Å². The summed E-state index contributed by atoms with van der Waals surface area (Å²) in [5.41, 5.74) is 0. The van der Waals surface area contributed by atoms with Crippen LogP contribution in [-0.4, -0.2) is 32.7 Å². The van der Waals surface area contributed by atoms with Crippen molar-refractivity contribution < 1.29 is 8.42 Å². The van der Waals surface area contributed by atoms with Crippen molar-refractivity contribution in [3.05, 3.63) is 0 Å². The van der Waals surface area contributed by atoms with Crippen molar-refractivity contribution in [2.45, 2.75) is 18.6 Å². The van der Waals surface area contributed by atoms with E-state index in [1.165, 1.54) is 6.26 Å². The Morgan fingerprint density at radius 3 is 2.45 bits per heavy atom. The van der Waals surface area contributed by atoms with Crippen LogP contribution in [-0.2, 0) is 10.0 Å². The molecule has 5 heteroatoms. The first kappa shape index (κ1) is 11.3. The molecule has 0 aromatic rings. The molecule has 3 nitrogen and oxygen atoms in total. The van der Waals surface area contributed by atoms with Crippen LogP contribution < -0.4 is 4.72 Å². The Morgan fingerprint density at radius 1 is 1.55 bits per heavy atom. The second-order valence-electron chi connectivity index (χ2n) is 2.50. The normalized spacial score (nSPS) is 14.8. The van der Waals surface area contributed by atoms with Gasteiger partial charge in [0, 0.05) is 11.8 Å². The highest BCUT2D eigenvalue weighted by molar-refractivity contribution is 7.99. The summed E-state index contributed by atoms with van der Waals surface area (Å²) in [5, 5.41) is 0.518. The molecule has 1 unspecified atom stereocenters. The molecule has 0 aliphatic rings. The number of hydrogen-bond donors (Lipinski definition) is 1. The van der Waals surface area contributed by atoms with Gasteiger partial charge in [-0.05, 0) is 12.7 Å². The molecule has 0 amide bonds. The Bertz CT molecular complexity index is 189. The van der Waals surface area contributed by atoms with Crippen LogP contribution in [0.25, 0.3) is 0 Å². The fraction of sp³-hybridized carbons (Fsp3) is 1.00. The predicted molar refractivity (Wildman–Crippen MR) is 50.4 cm³/mol. The fourth-order valence-corrected chi connectivity index (χ4v) is 1.41. The second kappa shape index (κ2) is 5.00. The molecule has 0 saturated heterocycles. The van der Waals surface area contributed by atoms with E-state index in [1.54, 1.807) is 11.8 Å². The molecule has 0 radical (unpaired) electrons. The molecule has 0 bridgehead atoms. The minimum atomic E-state index is -2.99.